The van der Waals surface area contributed by atoms with Crippen LogP contribution in [-0.4, -0.2) is 22.6 Å². The smallest absolute Gasteiger partial charge is 0.188 e. The zero-order valence-electron chi connectivity index (χ0n) is 7.66. The zero-order valence-corrected chi connectivity index (χ0v) is 7.66. The van der Waals surface area contributed by atoms with Gasteiger partial charge in [-0.15, -0.1) is 0 Å². The first-order valence-corrected chi connectivity index (χ1v) is 4.00. The van der Waals surface area contributed by atoms with E-state index in [0.717, 1.165) is 0 Å². The largest absolute Gasteiger partial charge is 0.508 e. The highest BCUT2D eigenvalue weighted by atomic mass is 16.3. The third kappa shape index (κ3) is 1.87. The molecule has 0 fully saturated rings. The van der Waals surface area contributed by atoms with Crippen molar-refractivity contribution in [3.63, 3.8) is 0 Å². The highest BCUT2D eigenvalue weighted by Gasteiger charge is 2.09. The molecule has 0 saturated heterocycles. The molecular formula is C10H12O3. The summed E-state index contributed by atoms with van der Waals surface area (Å²) in [5.41, 5.74) is 1.79. The molecule has 0 atom stereocenters. The van der Waals surface area contributed by atoms with E-state index >= 15 is 0 Å². The van der Waals surface area contributed by atoms with Crippen LogP contribution in [0.15, 0.2) is 12.1 Å². The average Bonchev–Trinajstić information content (AvgIpc) is 2.10. The lowest BCUT2D eigenvalue weighted by Gasteiger charge is -2.06. The number of carbonyl (C=O) groups excluding carboxylic acids is 1. The van der Waals surface area contributed by atoms with Crippen molar-refractivity contribution < 1.29 is 15.0 Å². The predicted molar refractivity (Wildman–Crippen MR) is 49.0 cm³/mol. The van der Waals surface area contributed by atoms with Gasteiger partial charge in [0.05, 0.1) is 0 Å². The summed E-state index contributed by atoms with van der Waals surface area (Å²) in [7, 11) is 0. The number of benzene rings is 1. The number of ketones is 1. The van der Waals surface area contributed by atoms with E-state index in [1.54, 1.807) is 19.9 Å². The third-order valence-corrected chi connectivity index (χ3v) is 1.99. The molecule has 0 aliphatic carbocycles. The minimum atomic E-state index is -0.495. The Bertz CT molecular complexity index is 342. The number of rotatable bonds is 2. The highest BCUT2D eigenvalue weighted by Crippen LogP contribution is 2.21. The third-order valence-electron chi connectivity index (χ3n) is 1.99. The van der Waals surface area contributed by atoms with Crippen molar-refractivity contribution in [1.82, 2.24) is 0 Å². The molecule has 0 heterocycles. The van der Waals surface area contributed by atoms with E-state index in [9.17, 15) is 9.90 Å². The van der Waals surface area contributed by atoms with Gasteiger partial charge >= 0.3 is 0 Å². The fourth-order valence-corrected chi connectivity index (χ4v) is 1.19. The van der Waals surface area contributed by atoms with Crippen molar-refractivity contribution in [1.29, 1.82) is 0 Å². The van der Waals surface area contributed by atoms with Gasteiger partial charge in [0, 0.05) is 5.56 Å². The summed E-state index contributed by atoms with van der Waals surface area (Å²) in [5.74, 6) is -0.146. The van der Waals surface area contributed by atoms with E-state index in [4.69, 9.17) is 5.11 Å². The van der Waals surface area contributed by atoms with Crippen LogP contribution in [0, 0.1) is 13.8 Å². The summed E-state index contributed by atoms with van der Waals surface area (Å²) in [5, 5.41) is 18.0. The lowest BCUT2D eigenvalue weighted by Crippen LogP contribution is -2.06. The molecule has 1 aromatic rings. The second kappa shape index (κ2) is 3.58. The number of carbonyl (C=O) groups is 1. The molecule has 1 aromatic carbocycles. The van der Waals surface area contributed by atoms with Crippen LogP contribution in [0.2, 0.25) is 0 Å². The summed E-state index contributed by atoms with van der Waals surface area (Å²) >= 11 is 0. The monoisotopic (exact) mass is 180 g/mol. The molecule has 0 radical (unpaired) electrons. The Morgan fingerprint density at radius 1 is 1.31 bits per heavy atom. The molecule has 2 N–H and O–H groups in total. The van der Waals surface area contributed by atoms with E-state index in [0.29, 0.717) is 16.7 Å². The molecule has 3 heteroatoms. The van der Waals surface area contributed by atoms with Crippen LogP contribution in [-0.2, 0) is 0 Å². The molecular weight excluding hydrogens is 168 g/mol. The quantitative estimate of drug-likeness (QED) is 0.672. The average molecular weight is 180 g/mol. The van der Waals surface area contributed by atoms with Gasteiger partial charge in [0.2, 0.25) is 0 Å². The molecule has 0 bridgehead atoms. The number of aromatic hydroxyl groups is 1. The van der Waals surface area contributed by atoms with E-state index < -0.39 is 6.61 Å². The maximum Gasteiger partial charge on any atom is 0.188 e. The summed E-state index contributed by atoms with van der Waals surface area (Å²) in [4.78, 5) is 11.2. The van der Waals surface area contributed by atoms with Crippen LogP contribution in [0.3, 0.4) is 0 Å². The Kier molecular flexibility index (Phi) is 2.68. The van der Waals surface area contributed by atoms with Crippen molar-refractivity contribution in [2.75, 3.05) is 6.61 Å². The van der Waals surface area contributed by atoms with Crippen LogP contribution in [0.5, 0.6) is 5.75 Å². The topological polar surface area (TPSA) is 57.5 Å². The first kappa shape index (κ1) is 9.74. The highest BCUT2D eigenvalue weighted by molar-refractivity contribution is 5.98. The molecule has 0 unspecified atom stereocenters. The minimum absolute atomic E-state index is 0.173. The van der Waals surface area contributed by atoms with Crippen LogP contribution < -0.4 is 0 Å². The molecule has 0 aliphatic rings. The van der Waals surface area contributed by atoms with E-state index in [2.05, 4.69) is 0 Å². The summed E-state index contributed by atoms with van der Waals surface area (Å²) in [6.07, 6.45) is 0. The number of hydrogen-bond donors (Lipinski definition) is 2. The molecule has 70 valence electrons. The van der Waals surface area contributed by atoms with Crippen LogP contribution >= 0.6 is 0 Å². The SMILES string of the molecule is Cc1cc(C(=O)CO)c(C)cc1O. The fraction of sp³-hybridized carbons (Fsp3) is 0.300. The first-order valence-electron chi connectivity index (χ1n) is 4.00. The molecule has 1 rings (SSSR count). The van der Waals surface area contributed by atoms with Gasteiger partial charge in [0.1, 0.15) is 12.4 Å². The Labute approximate surface area is 76.6 Å². The van der Waals surface area contributed by atoms with Crippen LogP contribution in [0.1, 0.15) is 21.5 Å². The second-order valence-corrected chi connectivity index (χ2v) is 3.03. The number of aryl methyl sites for hydroxylation is 2. The summed E-state index contributed by atoms with van der Waals surface area (Å²) in [6, 6.07) is 3.11. The molecule has 3 nitrogen and oxygen atoms in total. The van der Waals surface area contributed by atoms with Gasteiger partial charge in [-0.3, -0.25) is 4.79 Å². The van der Waals surface area contributed by atoms with Gasteiger partial charge in [-0.2, -0.15) is 0 Å². The fourth-order valence-electron chi connectivity index (χ4n) is 1.19. The van der Waals surface area contributed by atoms with Crippen molar-refractivity contribution in [3.8, 4) is 5.75 Å². The lowest BCUT2D eigenvalue weighted by molar-refractivity contribution is 0.0903. The number of Topliss-reactive ketones (excluding diaryl/α,β-unsaturated/α-hetero) is 1. The summed E-state index contributed by atoms with van der Waals surface area (Å²) in [6.45, 7) is 2.94. The van der Waals surface area contributed by atoms with E-state index in [-0.39, 0.29) is 11.5 Å². The molecule has 0 aromatic heterocycles. The number of aliphatic hydroxyl groups is 1. The van der Waals surface area contributed by atoms with Crippen molar-refractivity contribution in [3.05, 3.63) is 28.8 Å². The first-order chi connectivity index (χ1) is 6.06. The van der Waals surface area contributed by atoms with Gasteiger partial charge in [-0.05, 0) is 37.1 Å². The van der Waals surface area contributed by atoms with Crippen molar-refractivity contribution in [2.45, 2.75) is 13.8 Å². The van der Waals surface area contributed by atoms with Gasteiger partial charge in [-0.25, -0.2) is 0 Å². The zero-order chi connectivity index (χ0) is 10.0. The van der Waals surface area contributed by atoms with Crippen molar-refractivity contribution in [2.24, 2.45) is 0 Å². The van der Waals surface area contributed by atoms with Crippen LogP contribution in [0.4, 0.5) is 0 Å². The van der Waals surface area contributed by atoms with Gasteiger partial charge in [-0.1, -0.05) is 0 Å². The van der Waals surface area contributed by atoms with E-state index in [1.807, 2.05) is 0 Å². The van der Waals surface area contributed by atoms with Gasteiger partial charge in [0.25, 0.3) is 0 Å². The Hall–Kier alpha value is -1.35. The van der Waals surface area contributed by atoms with Gasteiger partial charge < -0.3 is 10.2 Å². The Balaban J connectivity index is 3.23. The van der Waals surface area contributed by atoms with E-state index in [1.165, 1.54) is 6.07 Å². The van der Waals surface area contributed by atoms with Crippen LogP contribution in [0.25, 0.3) is 0 Å². The second-order valence-electron chi connectivity index (χ2n) is 3.03. The van der Waals surface area contributed by atoms with Crippen molar-refractivity contribution >= 4 is 5.78 Å². The minimum Gasteiger partial charge on any atom is -0.508 e. The normalized spacial score (nSPS) is 10.1. The maximum absolute atomic E-state index is 11.2. The van der Waals surface area contributed by atoms with Gasteiger partial charge in [0.15, 0.2) is 5.78 Å². The summed E-state index contributed by atoms with van der Waals surface area (Å²) < 4.78 is 0. The molecule has 0 amide bonds. The molecule has 0 saturated carbocycles. The predicted octanol–water partition coefficient (Wildman–Crippen LogP) is 1.18. The lowest BCUT2D eigenvalue weighted by atomic mass is 10.0. The standard InChI is InChI=1S/C10H12O3/c1-6-4-9(12)7(2)3-8(6)10(13)5-11/h3-4,11-12H,5H2,1-2H3. The molecule has 13 heavy (non-hydrogen) atoms. The molecule has 0 aliphatic heterocycles. The number of aliphatic hydroxyl groups excluding tert-OH is 1. The maximum atomic E-state index is 11.2. The Morgan fingerprint density at radius 2 is 1.92 bits per heavy atom. The number of phenols is 1. The number of phenolic OH excluding ortho intramolecular Hbond substituents is 1. The number of hydrogen-bond acceptors (Lipinski definition) is 3. The Morgan fingerprint density at radius 3 is 2.46 bits per heavy atom. The molecule has 0 spiro atoms.